The fourth-order valence-electron chi connectivity index (χ4n) is 4.08. The molecular formula is C20H26ClN5O. The molecule has 1 amide bonds. The lowest BCUT2D eigenvalue weighted by atomic mass is 10.0. The minimum Gasteiger partial charge on any atom is -0.343 e. The summed E-state index contributed by atoms with van der Waals surface area (Å²) in [6, 6.07) is 8.04. The summed E-state index contributed by atoms with van der Waals surface area (Å²) < 4.78 is 1.92. The number of rotatable bonds is 5. The Labute approximate surface area is 164 Å². The summed E-state index contributed by atoms with van der Waals surface area (Å²) in [5, 5.41) is 15.8. The van der Waals surface area contributed by atoms with Gasteiger partial charge in [0.15, 0.2) is 5.69 Å². The normalized spacial score (nSPS) is 23.8. The molecule has 2 fully saturated rings. The predicted octanol–water partition coefficient (Wildman–Crippen LogP) is 3.29. The van der Waals surface area contributed by atoms with Gasteiger partial charge in [0.1, 0.15) is 0 Å². The van der Waals surface area contributed by atoms with E-state index in [0.717, 1.165) is 43.6 Å². The van der Waals surface area contributed by atoms with Crippen LogP contribution in [0.2, 0.25) is 5.02 Å². The molecule has 2 N–H and O–H groups in total. The first-order valence-electron chi connectivity index (χ1n) is 9.73. The average Bonchev–Trinajstić information content (AvgIpc) is 3.27. The van der Waals surface area contributed by atoms with Gasteiger partial charge in [0, 0.05) is 5.02 Å². The van der Waals surface area contributed by atoms with Gasteiger partial charge in [-0.25, -0.2) is 4.68 Å². The van der Waals surface area contributed by atoms with E-state index < -0.39 is 0 Å². The van der Waals surface area contributed by atoms with E-state index in [1.54, 1.807) is 0 Å². The van der Waals surface area contributed by atoms with E-state index in [-0.39, 0.29) is 11.9 Å². The van der Waals surface area contributed by atoms with Crippen molar-refractivity contribution in [1.82, 2.24) is 25.6 Å². The number of aromatic nitrogens is 3. The number of amides is 1. The topological polar surface area (TPSA) is 71.8 Å². The number of benzene rings is 1. The Morgan fingerprint density at radius 2 is 1.96 bits per heavy atom. The molecular weight excluding hydrogens is 362 g/mol. The highest BCUT2D eigenvalue weighted by atomic mass is 35.5. The fourth-order valence-corrected chi connectivity index (χ4v) is 4.21. The van der Waals surface area contributed by atoms with E-state index in [2.05, 4.69) is 27.9 Å². The minimum absolute atomic E-state index is 0.0202. The van der Waals surface area contributed by atoms with Crippen molar-refractivity contribution in [2.24, 2.45) is 11.8 Å². The zero-order chi connectivity index (χ0) is 19.0. The number of piperidine rings is 1. The molecule has 2 aromatic rings. The van der Waals surface area contributed by atoms with Crippen LogP contribution in [0.3, 0.4) is 0 Å². The second-order valence-electron chi connectivity index (χ2n) is 7.83. The van der Waals surface area contributed by atoms with E-state index >= 15 is 0 Å². The van der Waals surface area contributed by atoms with Crippen molar-refractivity contribution in [3.63, 3.8) is 0 Å². The molecule has 3 unspecified atom stereocenters. The van der Waals surface area contributed by atoms with Crippen LogP contribution in [0.5, 0.6) is 0 Å². The van der Waals surface area contributed by atoms with Crippen molar-refractivity contribution in [3.8, 4) is 0 Å². The molecule has 27 heavy (non-hydrogen) atoms. The lowest BCUT2D eigenvalue weighted by Gasteiger charge is -2.23. The monoisotopic (exact) mass is 387 g/mol. The maximum absolute atomic E-state index is 13.0. The van der Waals surface area contributed by atoms with Crippen LogP contribution in [0.4, 0.5) is 0 Å². The second kappa shape index (κ2) is 7.60. The number of carbonyl (C=O) groups excluding carboxylic acids is 1. The van der Waals surface area contributed by atoms with Gasteiger partial charge in [0.2, 0.25) is 0 Å². The number of nitrogens with one attached hydrogen (secondary N) is 2. The lowest BCUT2D eigenvalue weighted by Crippen LogP contribution is -2.32. The largest absolute Gasteiger partial charge is 0.343 e. The van der Waals surface area contributed by atoms with Crippen LogP contribution >= 0.6 is 11.6 Å². The van der Waals surface area contributed by atoms with Gasteiger partial charge in [-0.1, -0.05) is 35.9 Å². The summed E-state index contributed by atoms with van der Waals surface area (Å²) >= 11 is 6.03. The first-order valence-corrected chi connectivity index (χ1v) is 10.1. The van der Waals surface area contributed by atoms with Crippen molar-refractivity contribution >= 4 is 17.5 Å². The zero-order valence-corrected chi connectivity index (χ0v) is 16.5. The number of nitrogens with zero attached hydrogens (tertiary/aromatic N) is 3. The quantitative estimate of drug-likeness (QED) is 0.825. The summed E-state index contributed by atoms with van der Waals surface area (Å²) in [5.74, 6) is 0.916. The smallest absolute Gasteiger partial charge is 0.274 e. The van der Waals surface area contributed by atoms with Gasteiger partial charge in [-0.3, -0.25) is 4.79 Å². The molecule has 1 aliphatic heterocycles. The molecule has 2 aliphatic rings. The molecule has 3 atom stereocenters. The molecule has 0 bridgehead atoms. The Kier molecular flexibility index (Phi) is 5.19. The Hall–Kier alpha value is -1.92. The summed E-state index contributed by atoms with van der Waals surface area (Å²) in [4.78, 5) is 13.0. The molecule has 7 heteroatoms. The molecule has 6 nitrogen and oxygen atoms in total. The second-order valence-corrected chi connectivity index (χ2v) is 8.27. The molecule has 2 heterocycles. The van der Waals surface area contributed by atoms with Crippen LogP contribution in [0.1, 0.15) is 60.0 Å². The third-order valence-corrected chi connectivity index (χ3v) is 6.16. The van der Waals surface area contributed by atoms with Crippen LogP contribution in [-0.4, -0.2) is 34.0 Å². The highest BCUT2D eigenvalue weighted by Gasteiger charge is 2.41. The SMILES string of the molecule is Cc1c(C(=O)NC(c2ccc(Cl)cc2)C2CC2C)nnn1C1CCNCC1. The zero-order valence-electron chi connectivity index (χ0n) is 15.8. The van der Waals surface area contributed by atoms with Crippen LogP contribution in [0.15, 0.2) is 24.3 Å². The lowest BCUT2D eigenvalue weighted by molar-refractivity contribution is 0.0924. The summed E-state index contributed by atoms with van der Waals surface area (Å²) in [6.45, 7) is 6.11. The van der Waals surface area contributed by atoms with Crippen LogP contribution < -0.4 is 10.6 Å². The molecule has 1 aromatic carbocycles. The van der Waals surface area contributed by atoms with Crippen molar-refractivity contribution < 1.29 is 4.79 Å². The van der Waals surface area contributed by atoms with E-state index in [0.29, 0.717) is 28.6 Å². The number of hydrogen-bond donors (Lipinski definition) is 2. The highest BCUT2D eigenvalue weighted by Crippen LogP contribution is 2.47. The standard InChI is InChI=1S/C20H26ClN5O/c1-12-11-17(12)19(14-3-5-15(21)6-4-14)23-20(27)18-13(2)26(25-24-18)16-7-9-22-10-8-16/h3-6,12,16-17,19,22H,7-11H2,1-2H3,(H,23,27). The molecule has 1 aliphatic carbocycles. The number of hydrogen-bond acceptors (Lipinski definition) is 4. The Morgan fingerprint density at radius 3 is 2.59 bits per heavy atom. The Morgan fingerprint density at radius 1 is 1.30 bits per heavy atom. The van der Waals surface area contributed by atoms with Gasteiger partial charge in [0.05, 0.1) is 17.8 Å². The molecule has 1 saturated heterocycles. The third-order valence-electron chi connectivity index (χ3n) is 5.91. The van der Waals surface area contributed by atoms with Crippen molar-refractivity contribution in [2.75, 3.05) is 13.1 Å². The third kappa shape index (κ3) is 3.87. The highest BCUT2D eigenvalue weighted by molar-refractivity contribution is 6.30. The summed E-state index contributed by atoms with van der Waals surface area (Å²) in [5.41, 5.74) is 2.37. The van der Waals surface area contributed by atoms with Gasteiger partial charge < -0.3 is 10.6 Å². The van der Waals surface area contributed by atoms with Gasteiger partial charge in [-0.15, -0.1) is 5.10 Å². The maximum Gasteiger partial charge on any atom is 0.274 e. The maximum atomic E-state index is 13.0. The number of halogens is 1. The minimum atomic E-state index is -0.147. The van der Waals surface area contributed by atoms with Crippen molar-refractivity contribution in [3.05, 3.63) is 46.2 Å². The van der Waals surface area contributed by atoms with Gasteiger partial charge in [-0.05, 0) is 68.8 Å². The van der Waals surface area contributed by atoms with Crippen molar-refractivity contribution in [1.29, 1.82) is 0 Å². The van der Waals surface area contributed by atoms with Crippen LogP contribution in [-0.2, 0) is 0 Å². The van der Waals surface area contributed by atoms with E-state index in [9.17, 15) is 4.79 Å². The Balaban J connectivity index is 1.53. The molecule has 0 spiro atoms. The van der Waals surface area contributed by atoms with E-state index in [1.807, 2.05) is 35.9 Å². The van der Waals surface area contributed by atoms with Gasteiger partial charge in [-0.2, -0.15) is 0 Å². The number of carbonyl (C=O) groups is 1. The van der Waals surface area contributed by atoms with Gasteiger partial charge in [0.25, 0.3) is 5.91 Å². The molecule has 1 aromatic heterocycles. The first-order chi connectivity index (χ1) is 13.0. The van der Waals surface area contributed by atoms with E-state index in [1.165, 1.54) is 0 Å². The first kappa shape index (κ1) is 18.4. The molecule has 144 valence electrons. The van der Waals surface area contributed by atoms with E-state index in [4.69, 9.17) is 11.6 Å². The summed E-state index contributed by atoms with van der Waals surface area (Å²) in [6.07, 6.45) is 3.14. The molecule has 0 radical (unpaired) electrons. The van der Waals surface area contributed by atoms with Crippen LogP contribution in [0, 0.1) is 18.8 Å². The molecule has 4 rings (SSSR count). The predicted molar refractivity (Wildman–Crippen MR) is 105 cm³/mol. The molecule has 1 saturated carbocycles. The fraction of sp³-hybridized carbons (Fsp3) is 0.550. The van der Waals surface area contributed by atoms with Crippen LogP contribution in [0.25, 0.3) is 0 Å². The average molecular weight is 388 g/mol. The summed E-state index contributed by atoms with van der Waals surface area (Å²) in [7, 11) is 0. The van der Waals surface area contributed by atoms with Crippen molar-refractivity contribution in [2.45, 2.75) is 45.2 Å². The van der Waals surface area contributed by atoms with Gasteiger partial charge >= 0.3 is 0 Å². The Bertz CT molecular complexity index is 812.